The predicted octanol–water partition coefficient (Wildman–Crippen LogP) is 1.42. The molecule has 0 bridgehead atoms. The lowest BCUT2D eigenvalue weighted by Gasteiger charge is -2.08. The average molecular weight is 287 g/mol. The van der Waals surface area contributed by atoms with Gasteiger partial charge in [-0.05, 0) is 21.8 Å². The van der Waals surface area contributed by atoms with Crippen LogP contribution in [-0.2, 0) is 4.79 Å². The van der Waals surface area contributed by atoms with E-state index in [9.17, 15) is 4.79 Å². The van der Waals surface area contributed by atoms with Gasteiger partial charge in [0.05, 0.1) is 6.54 Å². The lowest BCUT2D eigenvalue weighted by molar-refractivity contribution is -0.119. The molecule has 5 nitrogen and oxygen atoms in total. The summed E-state index contributed by atoms with van der Waals surface area (Å²) in [6, 6.07) is 1.72. The summed E-state index contributed by atoms with van der Waals surface area (Å²) in [6.45, 7) is 5.01. The second kappa shape index (κ2) is 6.42. The Balaban J connectivity index is 2.31. The van der Waals surface area contributed by atoms with Gasteiger partial charge < -0.3 is 10.6 Å². The number of halogens is 1. The molecule has 6 heteroatoms. The Morgan fingerprint density at radius 1 is 1.50 bits per heavy atom. The normalized spacial score (nSPS) is 10.2. The minimum atomic E-state index is -0.0385. The van der Waals surface area contributed by atoms with Crippen molar-refractivity contribution >= 4 is 27.7 Å². The zero-order valence-electron chi connectivity index (χ0n) is 9.33. The molecule has 0 aliphatic rings. The number of amides is 1. The summed E-state index contributed by atoms with van der Waals surface area (Å²) >= 11 is 3.23. The van der Waals surface area contributed by atoms with Crippen LogP contribution in [0.1, 0.15) is 13.8 Å². The third kappa shape index (κ3) is 5.06. The van der Waals surface area contributed by atoms with Crippen LogP contribution < -0.4 is 10.6 Å². The molecule has 1 rings (SSSR count). The van der Waals surface area contributed by atoms with Gasteiger partial charge in [0.25, 0.3) is 0 Å². The Kier molecular flexibility index (Phi) is 5.18. The fourth-order valence-corrected chi connectivity index (χ4v) is 1.29. The van der Waals surface area contributed by atoms with Gasteiger partial charge in [0.2, 0.25) is 5.91 Å². The lowest BCUT2D eigenvalue weighted by Crippen LogP contribution is -2.32. The van der Waals surface area contributed by atoms with Gasteiger partial charge in [-0.15, -0.1) is 0 Å². The summed E-state index contributed by atoms with van der Waals surface area (Å²) in [7, 11) is 0. The summed E-state index contributed by atoms with van der Waals surface area (Å²) in [6.07, 6.45) is 1.43. The van der Waals surface area contributed by atoms with Crippen LogP contribution >= 0.6 is 15.9 Å². The van der Waals surface area contributed by atoms with Gasteiger partial charge in [0.1, 0.15) is 16.7 Å². The average Bonchev–Trinajstić information content (AvgIpc) is 2.23. The Labute approximate surface area is 103 Å². The molecule has 1 amide bonds. The van der Waals surface area contributed by atoms with Crippen molar-refractivity contribution in [3.05, 3.63) is 17.0 Å². The molecule has 0 spiro atoms. The van der Waals surface area contributed by atoms with Crippen molar-refractivity contribution in [1.29, 1.82) is 0 Å². The van der Waals surface area contributed by atoms with Gasteiger partial charge in [-0.3, -0.25) is 4.79 Å². The van der Waals surface area contributed by atoms with Crippen molar-refractivity contribution < 1.29 is 4.79 Å². The maximum atomic E-state index is 11.4. The van der Waals surface area contributed by atoms with E-state index in [1.807, 2.05) is 0 Å². The van der Waals surface area contributed by atoms with Crippen LogP contribution in [0.2, 0.25) is 0 Å². The Morgan fingerprint density at radius 2 is 2.25 bits per heavy atom. The number of nitrogens with zero attached hydrogens (tertiary/aromatic N) is 2. The molecule has 1 heterocycles. The summed E-state index contributed by atoms with van der Waals surface area (Å²) in [5, 5.41) is 5.73. The van der Waals surface area contributed by atoms with Crippen LogP contribution in [0.15, 0.2) is 17.0 Å². The minimum absolute atomic E-state index is 0.0385. The number of hydrogen-bond acceptors (Lipinski definition) is 4. The van der Waals surface area contributed by atoms with E-state index in [0.29, 0.717) is 22.9 Å². The van der Waals surface area contributed by atoms with Crippen LogP contribution in [0.25, 0.3) is 0 Å². The first-order valence-corrected chi connectivity index (χ1v) is 5.85. The molecule has 2 N–H and O–H groups in total. The molecule has 0 radical (unpaired) electrons. The molecule has 0 aliphatic carbocycles. The van der Waals surface area contributed by atoms with Gasteiger partial charge in [-0.2, -0.15) is 0 Å². The first kappa shape index (κ1) is 12.9. The largest absolute Gasteiger partial charge is 0.361 e. The number of anilines is 1. The predicted molar refractivity (Wildman–Crippen MR) is 66.1 cm³/mol. The first-order chi connectivity index (χ1) is 7.58. The number of nitrogens with one attached hydrogen (secondary N) is 2. The smallest absolute Gasteiger partial charge is 0.239 e. The van der Waals surface area contributed by atoms with Crippen LogP contribution in [0.5, 0.6) is 0 Å². The van der Waals surface area contributed by atoms with Gasteiger partial charge >= 0.3 is 0 Å². The second-order valence-corrected chi connectivity index (χ2v) is 4.59. The third-order valence-electron chi connectivity index (χ3n) is 1.77. The van der Waals surface area contributed by atoms with E-state index < -0.39 is 0 Å². The summed E-state index contributed by atoms with van der Waals surface area (Å²) in [5.74, 6) is 1.04. The van der Waals surface area contributed by atoms with Crippen molar-refractivity contribution in [1.82, 2.24) is 15.3 Å². The van der Waals surface area contributed by atoms with Crippen molar-refractivity contribution in [2.24, 2.45) is 5.92 Å². The summed E-state index contributed by atoms with van der Waals surface area (Å²) in [5.41, 5.74) is 0. The highest BCUT2D eigenvalue weighted by Gasteiger charge is 2.02. The number of rotatable bonds is 5. The molecule has 0 fully saturated rings. The second-order valence-electron chi connectivity index (χ2n) is 3.78. The topological polar surface area (TPSA) is 66.9 Å². The molecule has 0 atom stereocenters. The summed E-state index contributed by atoms with van der Waals surface area (Å²) in [4.78, 5) is 19.2. The Hall–Kier alpha value is -1.17. The van der Waals surface area contributed by atoms with E-state index >= 15 is 0 Å². The van der Waals surface area contributed by atoms with E-state index in [1.54, 1.807) is 6.07 Å². The van der Waals surface area contributed by atoms with Crippen LogP contribution in [0.4, 0.5) is 5.82 Å². The van der Waals surface area contributed by atoms with Crippen molar-refractivity contribution in [3.8, 4) is 0 Å². The van der Waals surface area contributed by atoms with Gasteiger partial charge in [0.15, 0.2) is 0 Å². The molecule has 0 saturated heterocycles. The molecule has 88 valence electrons. The molecule has 1 aromatic rings. The zero-order valence-corrected chi connectivity index (χ0v) is 10.9. The molecule has 16 heavy (non-hydrogen) atoms. The lowest BCUT2D eigenvalue weighted by atomic mass is 10.2. The quantitative estimate of drug-likeness (QED) is 0.804. The van der Waals surface area contributed by atoms with E-state index in [4.69, 9.17) is 0 Å². The van der Waals surface area contributed by atoms with E-state index in [-0.39, 0.29) is 12.5 Å². The van der Waals surface area contributed by atoms with Crippen molar-refractivity contribution in [3.63, 3.8) is 0 Å². The molecule has 0 aliphatic heterocycles. The molecule has 0 unspecified atom stereocenters. The monoisotopic (exact) mass is 286 g/mol. The van der Waals surface area contributed by atoms with E-state index in [1.165, 1.54) is 6.33 Å². The molecule has 0 aromatic carbocycles. The third-order valence-corrected chi connectivity index (χ3v) is 2.20. The fourth-order valence-electron chi connectivity index (χ4n) is 0.982. The summed E-state index contributed by atoms with van der Waals surface area (Å²) < 4.78 is 0.688. The van der Waals surface area contributed by atoms with Crippen LogP contribution in [-0.4, -0.2) is 29.0 Å². The Morgan fingerprint density at radius 3 is 2.88 bits per heavy atom. The maximum absolute atomic E-state index is 11.4. The van der Waals surface area contributed by atoms with E-state index in [2.05, 4.69) is 50.4 Å². The molecular formula is C10H15BrN4O. The number of carbonyl (C=O) groups is 1. The van der Waals surface area contributed by atoms with Crippen LogP contribution in [0.3, 0.4) is 0 Å². The van der Waals surface area contributed by atoms with Crippen molar-refractivity contribution in [2.45, 2.75) is 13.8 Å². The Bertz CT molecular complexity index is 356. The SMILES string of the molecule is CC(C)CNC(=O)CNc1cc(Br)ncn1. The van der Waals surface area contributed by atoms with Gasteiger partial charge in [-0.1, -0.05) is 13.8 Å². The number of aromatic nitrogens is 2. The van der Waals surface area contributed by atoms with E-state index in [0.717, 1.165) is 0 Å². The number of carbonyl (C=O) groups excluding carboxylic acids is 1. The molecule has 0 saturated carbocycles. The highest BCUT2D eigenvalue weighted by molar-refractivity contribution is 9.10. The van der Waals surface area contributed by atoms with Gasteiger partial charge in [-0.25, -0.2) is 9.97 Å². The maximum Gasteiger partial charge on any atom is 0.239 e. The van der Waals surface area contributed by atoms with Gasteiger partial charge in [0, 0.05) is 12.6 Å². The highest BCUT2D eigenvalue weighted by Crippen LogP contribution is 2.08. The number of hydrogen-bond donors (Lipinski definition) is 2. The fraction of sp³-hybridized carbons (Fsp3) is 0.500. The molecular weight excluding hydrogens is 272 g/mol. The first-order valence-electron chi connectivity index (χ1n) is 5.06. The minimum Gasteiger partial charge on any atom is -0.361 e. The van der Waals surface area contributed by atoms with Crippen molar-refractivity contribution in [2.75, 3.05) is 18.4 Å². The standard InChI is InChI=1S/C10H15BrN4O/c1-7(2)4-13-10(16)5-12-9-3-8(11)14-6-15-9/h3,6-7H,4-5H2,1-2H3,(H,13,16)(H,12,14,15). The zero-order chi connectivity index (χ0) is 12.0. The van der Waals surface area contributed by atoms with Crippen LogP contribution in [0, 0.1) is 5.92 Å². The highest BCUT2D eigenvalue weighted by atomic mass is 79.9. The molecule has 1 aromatic heterocycles.